The lowest BCUT2D eigenvalue weighted by molar-refractivity contribution is -0.137. The summed E-state index contributed by atoms with van der Waals surface area (Å²) in [5, 5.41) is 0. The highest BCUT2D eigenvalue weighted by Gasteiger charge is 2.71. The molecule has 2 heterocycles. The van der Waals surface area contributed by atoms with E-state index in [0.29, 0.717) is 49.6 Å². The van der Waals surface area contributed by atoms with Crippen LogP contribution in [0.4, 0.5) is 0 Å². The van der Waals surface area contributed by atoms with Gasteiger partial charge in [0.05, 0.1) is 12.0 Å². The fourth-order valence-electron chi connectivity index (χ4n) is 5.69. The Morgan fingerprint density at radius 1 is 1.15 bits per heavy atom. The zero-order valence-corrected chi connectivity index (χ0v) is 15.2. The van der Waals surface area contributed by atoms with Crippen LogP contribution in [0.5, 0.6) is 5.75 Å². The van der Waals surface area contributed by atoms with Crippen molar-refractivity contribution in [2.75, 3.05) is 13.1 Å². The zero-order valence-electron chi connectivity index (χ0n) is 15.2. The van der Waals surface area contributed by atoms with E-state index >= 15 is 0 Å². The van der Waals surface area contributed by atoms with E-state index in [1.54, 1.807) is 0 Å². The van der Waals surface area contributed by atoms with Crippen LogP contribution in [0.25, 0.3) is 0 Å². The average Bonchev–Trinajstić information content (AvgIpc) is 3.32. The Bertz CT molecular complexity index is 829. The van der Waals surface area contributed by atoms with Crippen LogP contribution < -0.4 is 10.5 Å². The maximum absolute atomic E-state index is 13.1. The molecule has 27 heavy (non-hydrogen) atoms. The number of ketones is 1. The Balaban J connectivity index is 1.31. The summed E-state index contributed by atoms with van der Waals surface area (Å²) in [4.78, 5) is 39.0. The molecule has 142 valence electrons. The van der Waals surface area contributed by atoms with Gasteiger partial charge in [-0.25, -0.2) is 0 Å². The minimum atomic E-state index is -0.512. The number of benzene rings is 1. The molecule has 5 rings (SSSR count). The smallest absolute Gasteiger partial charge is 0.226 e. The first-order chi connectivity index (χ1) is 13.0. The summed E-state index contributed by atoms with van der Waals surface area (Å²) in [6, 6.07) is 7.41. The number of ether oxygens (including phenoxy) is 1. The zero-order chi connectivity index (χ0) is 18.8. The number of fused-ring (bicyclic) bond motifs is 3. The molecule has 2 amide bonds. The number of piperidine rings is 1. The van der Waals surface area contributed by atoms with Crippen molar-refractivity contribution in [3.8, 4) is 5.75 Å². The highest BCUT2D eigenvalue weighted by atomic mass is 16.5. The van der Waals surface area contributed by atoms with Crippen molar-refractivity contribution in [2.24, 2.45) is 29.4 Å². The SMILES string of the molecule is NC(=O)C1CCN(C(=O)[C@@H]2[C@H]3CC[C@@]4(CC(=O)c5ccccc5O4)[C@H]32)CC1. The van der Waals surface area contributed by atoms with Crippen LogP contribution >= 0.6 is 0 Å². The van der Waals surface area contributed by atoms with Crippen LogP contribution in [0.15, 0.2) is 24.3 Å². The number of hydrogen-bond donors (Lipinski definition) is 1. The standard InChI is InChI=1S/C21H24N2O4/c22-19(25)12-6-9-23(10-7-12)20(26)17-14-5-8-21(18(14)17)11-15(24)13-3-1-2-4-16(13)27-21/h1-4,12,14,17-18H,5-11H2,(H2,22,25)/t14-,17-,18-,21-/m1/s1. The summed E-state index contributed by atoms with van der Waals surface area (Å²) >= 11 is 0. The number of carbonyl (C=O) groups is 3. The van der Waals surface area contributed by atoms with Crippen LogP contribution in [-0.4, -0.2) is 41.2 Å². The average molecular weight is 368 g/mol. The van der Waals surface area contributed by atoms with Crippen molar-refractivity contribution in [2.45, 2.75) is 37.7 Å². The molecule has 2 aliphatic heterocycles. The van der Waals surface area contributed by atoms with Crippen LogP contribution in [-0.2, 0) is 9.59 Å². The highest BCUT2D eigenvalue weighted by molar-refractivity contribution is 6.00. The molecule has 4 atom stereocenters. The number of Topliss-reactive ketones (excluding diaryl/α,β-unsaturated/α-hetero) is 1. The topological polar surface area (TPSA) is 89.7 Å². The van der Waals surface area contributed by atoms with Gasteiger partial charge in [-0.2, -0.15) is 0 Å². The monoisotopic (exact) mass is 368 g/mol. The molecule has 2 aliphatic carbocycles. The van der Waals surface area contributed by atoms with Crippen LogP contribution in [0.2, 0.25) is 0 Å². The summed E-state index contributed by atoms with van der Waals surface area (Å²) < 4.78 is 6.37. The molecule has 0 radical (unpaired) electrons. The van der Waals surface area contributed by atoms with Crippen molar-refractivity contribution >= 4 is 17.6 Å². The predicted molar refractivity (Wildman–Crippen MR) is 97.0 cm³/mol. The van der Waals surface area contributed by atoms with Crippen LogP contribution in [0, 0.1) is 23.7 Å². The molecule has 3 fully saturated rings. The second-order valence-electron chi connectivity index (χ2n) is 8.52. The Labute approximate surface area is 158 Å². The Kier molecular flexibility index (Phi) is 3.61. The van der Waals surface area contributed by atoms with Gasteiger partial charge < -0.3 is 15.4 Å². The number of rotatable bonds is 2. The molecule has 0 unspecified atom stereocenters. The first kappa shape index (κ1) is 16.8. The second-order valence-corrected chi connectivity index (χ2v) is 8.52. The fraction of sp³-hybridized carbons (Fsp3) is 0.571. The molecule has 1 aromatic rings. The lowest BCUT2D eigenvalue weighted by atomic mass is 9.84. The van der Waals surface area contributed by atoms with Crippen molar-refractivity contribution in [1.29, 1.82) is 0 Å². The Hall–Kier alpha value is -2.37. The van der Waals surface area contributed by atoms with Gasteiger partial charge in [-0.15, -0.1) is 0 Å². The highest BCUT2D eigenvalue weighted by Crippen LogP contribution is 2.66. The van der Waals surface area contributed by atoms with Gasteiger partial charge in [-0.05, 0) is 43.7 Å². The summed E-state index contributed by atoms with van der Waals surface area (Å²) in [5.74, 6) is 0.990. The molecule has 0 aromatic heterocycles. The summed E-state index contributed by atoms with van der Waals surface area (Å²) in [5.41, 5.74) is 5.53. The Morgan fingerprint density at radius 3 is 2.63 bits per heavy atom. The van der Waals surface area contributed by atoms with Gasteiger partial charge >= 0.3 is 0 Å². The summed E-state index contributed by atoms with van der Waals surface area (Å²) in [6.07, 6.45) is 3.45. The van der Waals surface area contributed by atoms with E-state index < -0.39 is 5.60 Å². The first-order valence-electron chi connectivity index (χ1n) is 9.89. The number of para-hydroxylation sites is 1. The van der Waals surface area contributed by atoms with E-state index in [-0.39, 0.29) is 35.4 Å². The minimum Gasteiger partial charge on any atom is -0.486 e. The molecular formula is C21H24N2O4. The number of amides is 2. The van der Waals surface area contributed by atoms with Gasteiger partial charge in [0, 0.05) is 30.8 Å². The molecule has 2 saturated carbocycles. The number of nitrogens with two attached hydrogens (primary N) is 1. The predicted octanol–water partition coefficient (Wildman–Crippen LogP) is 1.77. The third-order valence-electron chi connectivity index (χ3n) is 7.13. The van der Waals surface area contributed by atoms with Crippen molar-refractivity contribution in [3.05, 3.63) is 29.8 Å². The second kappa shape index (κ2) is 5.81. The molecule has 0 bridgehead atoms. The number of likely N-dealkylation sites (tertiary alicyclic amines) is 1. The minimum absolute atomic E-state index is 0.0399. The van der Waals surface area contributed by atoms with E-state index in [1.807, 2.05) is 29.2 Å². The molecule has 1 spiro atoms. The van der Waals surface area contributed by atoms with Crippen molar-refractivity contribution in [1.82, 2.24) is 4.90 Å². The van der Waals surface area contributed by atoms with E-state index in [0.717, 1.165) is 12.8 Å². The molecule has 1 aromatic carbocycles. The molecule has 2 N–H and O–H groups in total. The lowest BCUT2D eigenvalue weighted by Gasteiger charge is -2.38. The van der Waals surface area contributed by atoms with Gasteiger partial charge in [0.2, 0.25) is 11.8 Å². The third-order valence-corrected chi connectivity index (χ3v) is 7.13. The van der Waals surface area contributed by atoms with Gasteiger partial charge in [0.1, 0.15) is 11.4 Å². The van der Waals surface area contributed by atoms with Gasteiger partial charge in [0.25, 0.3) is 0 Å². The van der Waals surface area contributed by atoms with Crippen LogP contribution in [0.3, 0.4) is 0 Å². The van der Waals surface area contributed by atoms with Gasteiger partial charge in [-0.3, -0.25) is 14.4 Å². The quantitative estimate of drug-likeness (QED) is 0.861. The van der Waals surface area contributed by atoms with Gasteiger partial charge in [-0.1, -0.05) is 12.1 Å². The summed E-state index contributed by atoms with van der Waals surface area (Å²) in [6.45, 7) is 1.19. The lowest BCUT2D eigenvalue weighted by Crippen LogP contribution is -2.46. The number of carbonyl (C=O) groups excluding carboxylic acids is 3. The largest absolute Gasteiger partial charge is 0.486 e. The van der Waals surface area contributed by atoms with E-state index in [2.05, 4.69) is 0 Å². The van der Waals surface area contributed by atoms with Gasteiger partial charge in [0.15, 0.2) is 5.78 Å². The molecule has 6 heteroatoms. The molecule has 1 saturated heterocycles. The van der Waals surface area contributed by atoms with E-state index in [9.17, 15) is 14.4 Å². The normalized spacial score (nSPS) is 34.7. The third kappa shape index (κ3) is 2.49. The van der Waals surface area contributed by atoms with Crippen LogP contribution in [0.1, 0.15) is 42.5 Å². The fourth-order valence-corrected chi connectivity index (χ4v) is 5.69. The molecule has 6 nitrogen and oxygen atoms in total. The van der Waals surface area contributed by atoms with E-state index in [4.69, 9.17) is 10.5 Å². The first-order valence-corrected chi connectivity index (χ1v) is 9.89. The number of nitrogens with zero attached hydrogens (tertiary/aromatic N) is 1. The van der Waals surface area contributed by atoms with Crippen molar-refractivity contribution < 1.29 is 19.1 Å². The molecule has 4 aliphatic rings. The molecular weight excluding hydrogens is 344 g/mol. The summed E-state index contributed by atoms with van der Waals surface area (Å²) in [7, 11) is 0. The van der Waals surface area contributed by atoms with Crippen molar-refractivity contribution in [3.63, 3.8) is 0 Å². The number of hydrogen-bond acceptors (Lipinski definition) is 4. The number of primary amides is 1. The maximum atomic E-state index is 13.1. The van der Waals surface area contributed by atoms with E-state index in [1.165, 1.54) is 0 Å². The Morgan fingerprint density at radius 2 is 1.89 bits per heavy atom. The maximum Gasteiger partial charge on any atom is 0.226 e.